The molecule has 30 heavy (non-hydrogen) atoms. The Morgan fingerprint density at radius 2 is 2.13 bits per heavy atom. The van der Waals surface area contributed by atoms with Crippen molar-refractivity contribution < 1.29 is 27.2 Å². The highest BCUT2D eigenvalue weighted by Crippen LogP contribution is 2.19. The van der Waals surface area contributed by atoms with Crippen molar-refractivity contribution in [3.05, 3.63) is 41.2 Å². The van der Waals surface area contributed by atoms with Crippen molar-refractivity contribution in [1.29, 1.82) is 0 Å². The summed E-state index contributed by atoms with van der Waals surface area (Å²) >= 11 is 0.679. The summed E-state index contributed by atoms with van der Waals surface area (Å²) in [7, 11) is -3.43. The first-order valence-electron chi connectivity index (χ1n) is 9.32. The highest BCUT2D eigenvalue weighted by Gasteiger charge is 2.22. The summed E-state index contributed by atoms with van der Waals surface area (Å²) in [5, 5.41) is 5.99. The summed E-state index contributed by atoms with van der Waals surface area (Å²) in [4.78, 5) is 22.1. The fourth-order valence-corrected chi connectivity index (χ4v) is 4.93. The van der Waals surface area contributed by atoms with Crippen molar-refractivity contribution in [2.75, 3.05) is 24.3 Å². The molecule has 2 aromatic rings. The molecule has 0 saturated carbocycles. The molecule has 1 saturated heterocycles. The van der Waals surface area contributed by atoms with Crippen LogP contribution in [0.1, 0.15) is 25.8 Å². The number of rotatable bonds is 8. The third-order valence-corrected chi connectivity index (χ3v) is 6.93. The predicted molar refractivity (Wildman–Crippen MR) is 111 cm³/mol. The van der Waals surface area contributed by atoms with E-state index in [9.17, 15) is 17.6 Å². The Morgan fingerprint density at radius 3 is 2.70 bits per heavy atom. The van der Waals surface area contributed by atoms with Gasteiger partial charge in [-0.1, -0.05) is 42.5 Å². The molecule has 8 nitrogen and oxygen atoms in total. The number of anilines is 1. The van der Waals surface area contributed by atoms with E-state index in [-0.39, 0.29) is 33.5 Å². The van der Waals surface area contributed by atoms with E-state index < -0.39 is 20.9 Å². The Bertz CT molecular complexity index is 1010. The highest BCUT2D eigenvalue weighted by molar-refractivity contribution is 7.91. The molecule has 3 rings (SSSR count). The van der Waals surface area contributed by atoms with Gasteiger partial charge in [0.25, 0.3) is 5.91 Å². The maximum atomic E-state index is 13.2. The first-order valence-corrected chi connectivity index (χ1v) is 11.8. The number of amides is 1. The molecule has 1 aliphatic rings. The standard InChI is InChI=1S/C19H22FN3O5S2/c1-12(2)11-30(25,26)15-5-3-13(4-6-15)17(23-28-14-7-8-27-10-14)18(24)22-19-21-9-16(20)29-19/h3-6,9,12,14H,7-8,10-11H2,1-2H3,(H,21,22,24)/t14-/m1/s1. The number of carbonyl (C=O) groups is 1. The van der Waals surface area contributed by atoms with Crippen molar-refractivity contribution in [3.8, 4) is 0 Å². The summed E-state index contributed by atoms with van der Waals surface area (Å²) in [5.41, 5.74) is 0.275. The summed E-state index contributed by atoms with van der Waals surface area (Å²) in [5.74, 6) is -0.645. The fraction of sp³-hybridized carbons (Fsp3) is 0.421. The number of sulfone groups is 1. The molecule has 1 fully saturated rings. The number of hydrogen-bond acceptors (Lipinski definition) is 8. The predicted octanol–water partition coefficient (Wildman–Crippen LogP) is 2.86. The quantitative estimate of drug-likeness (QED) is 0.485. The second kappa shape index (κ2) is 9.63. The minimum absolute atomic E-state index is 0.0155. The molecule has 1 amide bonds. The molecule has 0 radical (unpaired) electrons. The molecular formula is C19H22FN3O5S2. The number of ether oxygens (including phenoxy) is 1. The van der Waals surface area contributed by atoms with E-state index in [4.69, 9.17) is 9.57 Å². The maximum absolute atomic E-state index is 13.2. The number of nitrogens with zero attached hydrogens (tertiary/aromatic N) is 2. The van der Waals surface area contributed by atoms with Crippen LogP contribution in [0.3, 0.4) is 0 Å². The molecule has 2 heterocycles. The Hall–Kier alpha value is -2.37. The van der Waals surface area contributed by atoms with Gasteiger partial charge in [0.2, 0.25) is 0 Å². The second-order valence-corrected chi connectivity index (χ2v) is 10.2. The van der Waals surface area contributed by atoms with Gasteiger partial charge < -0.3 is 9.57 Å². The molecular weight excluding hydrogens is 433 g/mol. The molecule has 11 heteroatoms. The Labute approximate surface area is 178 Å². The Morgan fingerprint density at radius 1 is 1.40 bits per heavy atom. The zero-order chi connectivity index (χ0) is 21.7. The Balaban J connectivity index is 1.85. The van der Waals surface area contributed by atoms with Gasteiger partial charge in [-0.25, -0.2) is 13.4 Å². The van der Waals surface area contributed by atoms with Crippen LogP contribution in [-0.4, -0.2) is 50.1 Å². The third kappa shape index (κ3) is 5.83. The fourth-order valence-electron chi connectivity index (χ4n) is 2.77. The first kappa shape index (κ1) is 22.3. The molecule has 0 bridgehead atoms. The van der Waals surface area contributed by atoms with Crippen molar-refractivity contribution in [2.24, 2.45) is 11.1 Å². The normalized spacial score (nSPS) is 17.3. The van der Waals surface area contributed by atoms with E-state index in [1.807, 2.05) is 13.8 Å². The van der Waals surface area contributed by atoms with Crippen molar-refractivity contribution in [1.82, 2.24) is 4.98 Å². The summed E-state index contributed by atoms with van der Waals surface area (Å²) < 4.78 is 43.2. The van der Waals surface area contributed by atoms with E-state index in [1.165, 1.54) is 24.3 Å². The molecule has 1 aromatic carbocycles. The molecule has 162 valence electrons. The van der Waals surface area contributed by atoms with Gasteiger partial charge in [0.05, 0.1) is 30.1 Å². The van der Waals surface area contributed by atoms with Crippen LogP contribution < -0.4 is 5.32 Å². The van der Waals surface area contributed by atoms with Crippen LogP contribution in [0, 0.1) is 11.0 Å². The van der Waals surface area contributed by atoms with Crippen LogP contribution in [-0.2, 0) is 24.2 Å². The lowest BCUT2D eigenvalue weighted by molar-refractivity contribution is -0.110. The minimum atomic E-state index is -3.43. The molecule has 1 N–H and O–H groups in total. The monoisotopic (exact) mass is 455 g/mol. The lowest BCUT2D eigenvalue weighted by Crippen LogP contribution is -2.25. The average Bonchev–Trinajstić information content (AvgIpc) is 3.33. The van der Waals surface area contributed by atoms with Crippen LogP contribution in [0.15, 0.2) is 40.5 Å². The Kier molecular flexibility index (Phi) is 7.16. The van der Waals surface area contributed by atoms with Crippen LogP contribution in [0.5, 0.6) is 0 Å². The van der Waals surface area contributed by atoms with Gasteiger partial charge in [-0.2, -0.15) is 4.39 Å². The maximum Gasteiger partial charge on any atom is 0.280 e. The average molecular weight is 456 g/mol. The van der Waals surface area contributed by atoms with Crippen LogP contribution in [0.2, 0.25) is 0 Å². The number of nitrogens with one attached hydrogen (secondary N) is 1. The molecule has 1 atom stereocenters. The van der Waals surface area contributed by atoms with Gasteiger partial charge in [-0.05, 0) is 18.1 Å². The summed E-state index contributed by atoms with van der Waals surface area (Å²) in [6.07, 6.45) is 1.36. The topological polar surface area (TPSA) is 107 Å². The van der Waals surface area contributed by atoms with E-state index in [0.717, 1.165) is 6.20 Å². The number of carbonyl (C=O) groups excluding carboxylic acids is 1. The highest BCUT2D eigenvalue weighted by atomic mass is 32.2. The smallest absolute Gasteiger partial charge is 0.280 e. The molecule has 0 spiro atoms. The van der Waals surface area contributed by atoms with Gasteiger partial charge >= 0.3 is 0 Å². The lowest BCUT2D eigenvalue weighted by Gasteiger charge is -2.11. The molecule has 1 aromatic heterocycles. The number of halogens is 1. The number of hydrogen-bond donors (Lipinski definition) is 1. The van der Waals surface area contributed by atoms with Crippen molar-refractivity contribution >= 4 is 37.9 Å². The number of oxime groups is 1. The number of thiazole rings is 1. The van der Waals surface area contributed by atoms with E-state index in [2.05, 4.69) is 15.5 Å². The second-order valence-electron chi connectivity index (χ2n) is 7.15. The zero-order valence-corrected chi connectivity index (χ0v) is 18.1. The van der Waals surface area contributed by atoms with Crippen molar-refractivity contribution in [2.45, 2.75) is 31.3 Å². The summed E-state index contributed by atoms with van der Waals surface area (Å²) in [6, 6.07) is 5.83. The van der Waals surface area contributed by atoms with Crippen LogP contribution in [0.25, 0.3) is 0 Å². The van der Waals surface area contributed by atoms with Gasteiger partial charge in [0.1, 0.15) is 0 Å². The van der Waals surface area contributed by atoms with E-state index in [0.29, 0.717) is 36.5 Å². The first-order chi connectivity index (χ1) is 14.2. The lowest BCUT2D eigenvalue weighted by atomic mass is 10.1. The van der Waals surface area contributed by atoms with Gasteiger partial charge in [0, 0.05) is 12.0 Å². The van der Waals surface area contributed by atoms with E-state index in [1.54, 1.807) is 0 Å². The largest absolute Gasteiger partial charge is 0.389 e. The van der Waals surface area contributed by atoms with Crippen LogP contribution in [0.4, 0.5) is 9.52 Å². The molecule has 1 aliphatic heterocycles. The van der Waals surface area contributed by atoms with Gasteiger partial charge in [-0.3, -0.25) is 10.1 Å². The minimum Gasteiger partial charge on any atom is -0.389 e. The van der Waals surface area contributed by atoms with Crippen molar-refractivity contribution in [3.63, 3.8) is 0 Å². The van der Waals surface area contributed by atoms with Gasteiger partial charge in [-0.15, -0.1) is 0 Å². The molecule has 0 aliphatic carbocycles. The number of benzene rings is 1. The van der Waals surface area contributed by atoms with E-state index >= 15 is 0 Å². The molecule has 0 unspecified atom stereocenters. The number of aromatic nitrogens is 1. The summed E-state index contributed by atoms with van der Waals surface area (Å²) in [6.45, 7) is 4.56. The third-order valence-electron chi connectivity index (χ3n) is 4.13. The SMILES string of the molecule is CC(C)CS(=O)(=O)c1ccc(C(=NO[C@@H]2CCOC2)C(=O)Nc2ncc(F)s2)cc1. The zero-order valence-electron chi connectivity index (χ0n) is 16.5. The van der Waals surface area contributed by atoms with Gasteiger partial charge in [0.15, 0.2) is 31.9 Å². The van der Waals surface area contributed by atoms with Crippen LogP contribution >= 0.6 is 11.3 Å².